The van der Waals surface area contributed by atoms with Crippen LogP contribution >= 0.6 is 15.2 Å². The Morgan fingerprint density at radius 2 is 1.29 bits per heavy atom. The van der Waals surface area contributed by atoms with Gasteiger partial charge in [-0.2, -0.15) is 0 Å². The van der Waals surface area contributed by atoms with Crippen LogP contribution in [0.3, 0.4) is 0 Å². The normalized spacial score (nSPS) is 12.6. The van der Waals surface area contributed by atoms with Crippen molar-refractivity contribution in [2.24, 2.45) is 5.73 Å². The first kappa shape index (κ1) is 34.7. The minimum absolute atomic E-state index is 0. The third-order valence-electron chi connectivity index (χ3n) is 2.74. The molecule has 0 aliphatic heterocycles. The van der Waals surface area contributed by atoms with E-state index in [2.05, 4.69) is 0 Å². The molecule has 0 heterocycles. The third kappa shape index (κ3) is 8.72. The number of nitrogens with two attached hydrogens (primary N) is 2. The van der Waals surface area contributed by atoms with Crippen LogP contribution in [0.25, 0.3) is 0 Å². The summed E-state index contributed by atoms with van der Waals surface area (Å²) in [6, 6.07) is 3.49. The Balaban J connectivity index is -0.000000500. The van der Waals surface area contributed by atoms with Crippen LogP contribution in [0, 0.1) is 0 Å². The van der Waals surface area contributed by atoms with Gasteiger partial charge in [0.2, 0.25) is 0 Å². The first-order chi connectivity index (χ1) is 8.89. The van der Waals surface area contributed by atoms with E-state index in [0.717, 1.165) is 0 Å². The van der Waals surface area contributed by atoms with Crippen molar-refractivity contribution in [1.82, 2.24) is 0 Å². The Morgan fingerprint density at radius 3 is 1.58 bits per heavy atom. The Morgan fingerprint density at radius 1 is 0.958 bits per heavy atom. The Hall–Kier alpha value is 3.24. The Kier molecular flexibility index (Phi) is 19.5. The van der Waals surface area contributed by atoms with Crippen LogP contribution in [0.15, 0.2) is 24.3 Å². The number of aliphatic hydroxyl groups is 1. The van der Waals surface area contributed by atoms with Crippen molar-refractivity contribution in [3.63, 3.8) is 0 Å². The second-order valence-electron chi connectivity index (χ2n) is 4.23. The van der Waals surface area contributed by atoms with Gasteiger partial charge in [-0.15, -0.1) is 0 Å². The van der Waals surface area contributed by atoms with Crippen molar-refractivity contribution < 1.29 is 152 Å². The molecule has 24 heavy (non-hydrogen) atoms. The number of anilines is 1. The molecule has 0 aromatic heterocycles. The molecular weight excluding hydrogens is 402 g/mol. The van der Waals surface area contributed by atoms with Gasteiger partial charge in [-0.05, 0) is 39.3 Å². The topological polar surface area (TPSA) is 199 Å². The van der Waals surface area contributed by atoms with Crippen LogP contribution in [-0.2, 0) is 15.6 Å². The molecule has 0 saturated heterocycles. The SMILES string of the molecule is Nc1ccc(C[C@H](N)C(O)(P(=O)([O-])[O-])P(=O)([O-])[O-])cc1.[Na+].[Na+].[Na+].[Na+]. The zero-order chi connectivity index (χ0) is 15.8. The van der Waals surface area contributed by atoms with Gasteiger partial charge < -0.3 is 45.3 Å². The molecule has 1 atom stereocenters. The predicted octanol–water partition coefficient (Wildman–Crippen LogP) is -15.4. The summed E-state index contributed by atoms with van der Waals surface area (Å²) in [6.45, 7) is 0. The van der Waals surface area contributed by atoms with Gasteiger partial charge in [0.05, 0.1) is 0 Å². The fraction of sp³-hybridized carbons (Fsp3) is 0.333. The van der Waals surface area contributed by atoms with E-state index in [0.29, 0.717) is 11.3 Å². The molecule has 0 amide bonds. The van der Waals surface area contributed by atoms with Crippen LogP contribution in [0.1, 0.15) is 5.56 Å². The van der Waals surface area contributed by atoms with Crippen LogP contribution < -0.4 is 149 Å². The van der Waals surface area contributed by atoms with Gasteiger partial charge in [0.15, 0.2) is 0 Å². The van der Waals surface area contributed by atoms with E-state index in [4.69, 9.17) is 11.5 Å². The summed E-state index contributed by atoms with van der Waals surface area (Å²) in [5.41, 5.74) is 11.4. The maximum absolute atomic E-state index is 10.9. The molecule has 1 rings (SSSR count). The zero-order valence-electron chi connectivity index (χ0n) is 14.0. The van der Waals surface area contributed by atoms with E-state index < -0.39 is 32.7 Å². The molecule has 15 heteroatoms. The van der Waals surface area contributed by atoms with Gasteiger partial charge >= 0.3 is 118 Å². The number of hydrogen-bond donors (Lipinski definition) is 3. The molecule has 1 aromatic rings. The van der Waals surface area contributed by atoms with Gasteiger partial charge in [-0.3, -0.25) is 0 Å². The second kappa shape index (κ2) is 13.5. The summed E-state index contributed by atoms with van der Waals surface area (Å²) in [4.78, 5) is 43.7. The van der Waals surface area contributed by atoms with Gasteiger partial charge in [0.25, 0.3) is 0 Å². The van der Waals surface area contributed by atoms with Gasteiger partial charge in [-0.25, -0.2) is 0 Å². The van der Waals surface area contributed by atoms with Crippen LogP contribution in [-0.4, -0.2) is 16.2 Å². The van der Waals surface area contributed by atoms with Crippen LogP contribution in [0.4, 0.5) is 5.69 Å². The molecule has 0 saturated carbocycles. The standard InChI is InChI=1S/C9H16N2O7P2.4Na/c10-7-3-1-6(2-4-7)5-8(11)9(12,19(13,14)15)20(16,17)18;;;;/h1-4,8,12H,5,10-11H2,(H2,13,14,15)(H2,16,17,18);;;;/q;4*+1/p-4/t8-;;;;/m0..../s1. The largest absolute Gasteiger partial charge is 1.00 e. The summed E-state index contributed by atoms with van der Waals surface area (Å²) in [5, 5.41) is 5.46. The fourth-order valence-corrected chi connectivity index (χ4v) is 3.80. The van der Waals surface area contributed by atoms with E-state index in [-0.39, 0.29) is 118 Å². The minimum atomic E-state index is -6.19. The zero-order valence-corrected chi connectivity index (χ0v) is 23.8. The average molecular weight is 414 g/mol. The number of rotatable bonds is 5. The van der Waals surface area contributed by atoms with Crippen molar-refractivity contribution in [3.05, 3.63) is 29.8 Å². The Labute approximate surface area is 228 Å². The first-order valence-electron chi connectivity index (χ1n) is 5.26. The predicted molar refractivity (Wildman–Crippen MR) is 62.7 cm³/mol. The summed E-state index contributed by atoms with van der Waals surface area (Å²) in [7, 11) is -12.4. The van der Waals surface area contributed by atoms with Gasteiger partial charge in [0.1, 0.15) is 5.08 Å². The molecule has 9 nitrogen and oxygen atoms in total. The molecule has 0 bridgehead atoms. The van der Waals surface area contributed by atoms with Crippen LogP contribution in [0.5, 0.6) is 0 Å². The maximum atomic E-state index is 10.9. The van der Waals surface area contributed by atoms with E-state index in [1.165, 1.54) is 24.3 Å². The molecule has 0 radical (unpaired) electrons. The van der Waals surface area contributed by atoms with Crippen molar-refractivity contribution in [3.8, 4) is 0 Å². The average Bonchev–Trinajstić information content (AvgIpc) is 2.28. The molecule has 0 spiro atoms. The third-order valence-corrected chi connectivity index (χ3v) is 6.48. The number of hydrogen-bond acceptors (Lipinski definition) is 9. The molecule has 5 N–H and O–H groups in total. The minimum Gasteiger partial charge on any atom is -0.808 e. The van der Waals surface area contributed by atoms with Crippen LogP contribution in [0.2, 0.25) is 0 Å². The Bertz CT molecular complexity index is 558. The summed E-state index contributed by atoms with van der Waals surface area (Å²) in [6.07, 6.45) is -0.514. The first-order valence-corrected chi connectivity index (χ1v) is 8.35. The summed E-state index contributed by atoms with van der Waals surface area (Å²) in [5.74, 6) is 0. The number of nitrogen functional groups attached to an aromatic ring is 1. The number of benzene rings is 1. The van der Waals surface area contributed by atoms with Gasteiger partial charge in [0, 0.05) is 11.7 Å². The monoisotopic (exact) mass is 414 g/mol. The van der Waals surface area contributed by atoms with Crippen molar-refractivity contribution in [2.45, 2.75) is 17.5 Å². The molecule has 0 aliphatic carbocycles. The smallest absolute Gasteiger partial charge is 0.808 e. The van der Waals surface area contributed by atoms with E-state index in [9.17, 15) is 33.8 Å². The quantitative estimate of drug-likeness (QED) is 0.238. The molecule has 0 aliphatic rings. The van der Waals surface area contributed by atoms with Gasteiger partial charge in [-0.1, -0.05) is 12.1 Å². The van der Waals surface area contributed by atoms with E-state index >= 15 is 0 Å². The molecular formula is C9H12N2Na4O7P2. The summed E-state index contributed by atoms with van der Waals surface area (Å²) >= 11 is 0. The van der Waals surface area contributed by atoms with Crippen molar-refractivity contribution in [1.29, 1.82) is 0 Å². The second-order valence-corrected chi connectivity index (χ2v) is 7.94. The van der Waals surface area contributed by atoms with Crippen molar-refractivity contribution >= 4 is 20.9 Å². The molecule has 1 aromatic carbocycles. The molecule has 0 unspecified atom stereocenters. The fourth-order valence-electron chi connectivity index (χ4n) is 1.60. The van der Waals surface area contributed by atoms with Crippen molar-refractivity contribution in [2.75, 3.05) is 5.73 Å². The molecule has 114 valence electrons. The molecule has 0 fully saturated rings. The summed E-state index contributed by atoms with van der Waals surface area (Å²) < 4.78 is 21.9. The van der Waals surface area contributed by atoms with E-state index in [1.54, 1.807) is 0 Å². The maximum Gasteiger partial charge on any atom is 1.00 e. The van der Waals surface area contributed by atoms with E-state index in [1.807, 2.05) is 0 Å².